The molecule has 1 aromatic carbocycles. The Kier molecular flexibility index (Phi) is 8.93. The number of benzene rings is 1. The van der Waals surface area contributed by atoms with Gasteiger partial charge in [-0.05, 0) is 68.1 Å². The van der Waals surface area contributed by atoms with Gasteiger partial charge in [0.25, 0.3) is 5.91 Å². The molecule has 1 aromatic heterocycles. The summed E-state index contributed by atoms with van der Waals surface area (Å²) >= 11 is 1.35. The van der Waals surface area contributed by atoms with Crippen molar-refractivity contribution in [1.82, 2.24) is 21.3 Å². The Hall–Kier alpha value is -2.71. The minimum atomic E-state index is -0.981. The van der Waals surface area contributed by atoms with Gasteiger partial charge in [0.15, 0.2) is 0 Å². The molecule has 1 saturated heterocycles. The van der Waals surface area contributed by atoms with Crippen molar-refractivity contribution in [3.05, 3.63) is 58.3 Å². The Morgan fingerprint density at radius 2 is 1.77 bits per heavy atom. The van der Waals surface area contributed by atoms with Crippen molar-refractivity contribution in [2.24, 2.45) is 5.92 Å². The van der Waals surface area contributed by atoms with Gasteiger partial charge in [0.05, 0.1) is 4.88 Å². The Morgan fingerprint density at radius 1 is 1.03 bits per heavy atom. The van der Waals surface area contributed by atoms with Crippen molar-refractivity contribution in [3.8, 4) is 0 Å². The molecular weight excluding hydrogens is 460 g/mol. The second-order valence-electron chi connectivity index (χ2n) is 9.71. The highest BCUT2D eigenvalue weighted by atomic mass is 32.1. The number of thiophene rings is 1. The molecule has 7 nitrogen and oxygen atoms in total. The van der Waals surface area contributed by atoms with Crippen molar-refractivity contribution in [1.29, 1.82) is 0 Å². The second-order valence-corrected chi connectivity index (χ2v) is 10.7. The van der Waals surface area contributed by atoms with Gasteiger partial charge in [-0.15, -0.1) is 11.3 Å². The minimum absolute atomic E-state index is 0.172. The zero-order valence-corrected chi connectivity index (χ0v) is 21.0. The van der Waals surface area contributed by atoms with E-state index in [0.29, 0.717) is 36.6 Å². The summed E-state index contributed by atoms with van der Waals surface area (Å²) in [6.45, 7) is 2.67. The van der Waals surface area contributed by atoms with E-state index in [2.05, 4.69) is 21.3 Å². The van der Waals surface area contributed by atoms with E-state index in [1.165, 1.54) is 11.3 Å². The molecule has 4 rings (SSSR count). The van der Waals surface area contributed by atoms with Gasteiger partial charge in [0, 0.05) is 13.0 Å². The molecule has 8 heteroatoms. The molecule has 3 amide bonds. The van der Waals surface area contributed by atoms with Crippen LogP contribution in [-0.4, -0.2) is 48.9 Å². The van der Waals surface area contributed by atoms with E-state index in [4.69, 9.17) is 0 Å². The lowest BCUT2D eigenvalue weighted by molar-refractivity contribution is -0.132. The highest BCUT2D eigenvalue weighted by Crippen LogP contribution is 2.31. The van der Waals surface area contributed by atoms with Gasteiger partial charge >= 0.3 is 0 Å². The van der Waals surface area contributed by atoms with Crippen LogP contribution < -0.4 is 21.3 Å². The Labute approximate surface area is 211 Å². The molecule has 1 aliphatic carbocycles. The summed E-state index contributed by atoms with van der Waals surface area (Å²) in [4.78, 5) is 40.2. The van der Waals surface area contributed by atoms with Crippen LogP contribution in [0.4, 0.5) is 0 Å². The fraction of sp³-hybridized carbons (Fsp3) is 0.519. The molecule has 0 unspecified atom stereocenters. The number of nitrogens with one attached hydrogen (secondary N) is 4. The Morgan fingerprint density at radius 3 is 2.46 bits per heavy atom. The van der Waals surface area contributed by atoms with Crippen LogP contribution in [0.5, 0.6) is 0 Å². The number of carbonyl (C=O) groups excluding carboxylic acids is 3. The van der Waals surface area contributed by atoms with Crippen LogP contribution in [0.25, 0.3) is 0 Å². The number of carbonyl (C=O) groups is 3. The molecule has 0 bridgehead atoms. The van der Waals surface area contributed by atoms with Crippen LogP contribution >= 0.6 is 11.3 Å². The van der Waals surface area contributed by atoms with Crippen LogP contribution in [0.3, 0.4) is 0 Å². The maximum Gasteiger partial charge on any atom is 0.262 e. The molecule has 4 N–H and O–H groups in total. The first-order valence-corrected chi connectivity index (χ1v) is 13.6. The van der Waals surface area contributed by atoms with Crippen molar-refractivity contribution in [3.63, 3.8) is 0 Å². The monoisotopic (exact) mass is 496 g/mol. The highest BCUT2D eigenvalue weighted by Gasteiger charge is 2.44. The van der Waals surface area contributed by atoms with Crippen molar-refractivity contribution >= 4 is 29.1 Å². The summed E-state index contributed by atoms with van der Waals surface area (Å²) in [7, 11) is 0. The molecule has 0 radical (unpaired) electrons. The third-order valence-electron chi connectivity index (χ3n) is 7.20. The van der Waals surface area contributed by atoms with Crippen molar-refractivity contribution < 1.29 is 14.4 Å². The van der Waals surface area contributed by atoms with Gasteiger partial charge in [0.1, 0.15) is 11.6 Å². The number of rotatable bonds is 10. The zero-order chi connectivity index (χ0) is 24.5. The van der Waals surface area contributed by atoms with E-state index in [-0.39, 0.29) is 17.7 Å². The van der Waals surface area contributed by atoms with Crippen LogP contribution in [0.15, 0.2) is 47.8 Å². The van der Waals surface area contributed by atoms with Crippen LogP contribution in [0, 0.1) is 5.92 Å². The molecule has 2 aromatic rings. The van der Waals surface area contributed by atoms with Crippen LogP contribution in [-0.2, 0) is 16.0 Å². The average molecular weight is 497 g/mol. The molecule has 2 aliphatic rings. The second kappa shape index (κ2) is 12.3. The van der Waals surface area contributed by atoms with Crippen LogP contribution in [0.1, 0.15) is 60.2 Å². The topological polar surface area (TPSA) is 99.3 Å². The first kappa shape index (κ1) is 25.4. The van der Waals surface area contributed by atoms with E-state index in [1.54, 1.807) is 6.07 Å². The molecule has 2 fully saturated rings. The van der Waals surface area contributed by atoms with E-state index >= 15 is 0 Å². The van der Waals surface area contributed by atoms with E-state index in [1.807, 2.05) is 41.8 Å². The highest BCUT2D eigenvalue weighted by molar-refractivity contribution is 7.12. The maximum absolute atomic E-state index is 13.6. The maximum atomic E-state index is 13.6. The lowest BCUT2D eigenvalue weighted by Gasteiger charge is -2.31. The Bertz CT molecular complexity index is 968. The van der Waals surface area contributed by atoms with Crippen LogP contribution in [0.2, 0.25) is 0 Å². The Balaban J connectivity index is 1.42. The number of piperidine rings is 1. The molecule has 35 heavy (non-hydrogen) atoms. The summed E-state index contributed by atoms with van der Waals surface area (Å²) in [6.07, 6.45) is 6.49. The van der Waals surface area contributed by atoms with Crippen molar-refractivity contribution in [2.75, 3.05) is 19.6 Å². The third kappa shape index (κ3) is 6.92. The van der Waals surface area contributed by atoms with E-state index in [9.17, 15) is 14.4 Å². The largest absolute Gasteiger partial charge is 0.354 e. The van der Waals surface area contributed by atoms with Gasteiger partial charge in [-0.1, -0.05) is 49.2 Å². The quantitative estimate of drug-likeness (QED) is 0.406. The lowest BCUT2D eigenvalue weighted by atomic mass is 9.94. The molecule has 1 aliphatic heterocycles. The number of hydrogen-bond donors (Lipinski definition) is 4. The van der Waals surface area contributed by atoms with Crippen molar-refractivity contribution in [2.45, 2.75) is 62.9 Å². The summed E-state index contributed by atoms with van der Waals surface area (Å²) in [5, 5.41) is 14.3. The first-order chi connectivity index (χ1) is 17.1. The molecule has 0 spiro atoms. The summed E-state index contributed by atoms with van der Waals surface area (Å²) in [6, 6.07) is 12.6. The summed E-state index contributed by atoms with van der Waals surface area (Å²) in [5.74, 6) is -0.0563. The fourth-order valence-corrected chi connectivity index (χ4v) is 5.74. The zero-order valence-electron chi connectivity index (χ0n) is 20.2. The SMILES string of the molecule is O=C(NC1(C(=O)N[C@H](Cc2ccccc2)C(=O)NCCC2CCNCC2)CCCC1)c1cccs1. The lowest BCUT2D eigenvalue weighted by Crippen LogP contribution is -2.61. The molecular formula is C27H36N4O3S. The first-order valence-electron chi connectivity index (χ1n) is 12.7. The van der Waals surface area contributed by atoms with Gasteiger partial charge < -0.3 is 21.3 Å². The normalized spacial score (nSPS) is 18.5. The smallest absolute Gasteiger partial charge is 0.262 e. The number of amides is 3. The van der Waals surface area contributed by atoms with Gasteiger partial charge in [0.2, 0.25) is 11.8 Å². The van der Waals surface area contributed by atoms with E-state index in [0.717, 1.165) is 50.8 Å². The average Bonchev–Trinajstić information content (AvgIpc) is 3.58. The predicted molar refractivity (Wildman–Crippen MR) is 138 cm³/mol. The summed E-state index contributed by atoms with van der Waals surface area (Å²) < 4.78 is 0. The fourth-order valence-electron chi connectivity index (χ4n) is 5.12. The van der Waals surface area contributed by atoms with Gasteiger partial charge in [-0.25, -0.2) is 0 Å². The van der Waals surface area contributed by atoms with Gasteiger partial charge in [-0.3, -0.25) is 14.4 Å². The van der Waals surface area contributed by atoms with Gasteiger partial charge in [-0.2, -0.15) is 0 Å². The standard InChI is InChI=1S/C27H36N4O3S/c32-24(29-17-12-20-10-15-28-16-11-20)22(19-21-7-2-1-3-8-21)30-26(34)27(13-4-5-14-27)31-25(33)23-9-6-18-35-23/h1-3,6-9,18,20,22,28H,4-5,10-17,19H2,(H,29,32)(H,30,34)(H,31,33)/t22-/m1/s1. The van der Waals surface area contributed by atoms with E-state index < -0.39 is 11.6 Å². The molecule has 1 atom stereocenters. The molecule has 188 valence electrons. The summed E-state index contributed by atoms with van der Waals surface area (Å²) in [5.41, 5.74) is 0.000159. The molecule has 2 heterocycles. The molecule has 1 saturated carbocycles. The minimum Gasteiger partial charge on any atom is -0.354 e. The predicted octanol–water partition coefficient (Wildman–Crippen LogP) is 3.02. The number of hydrogen-bond acceptors (Lipinski definition) is 5. The third-order valence-corrected chi connectivity index (χ3v) is 8.07.